The average molecular weight is 433 g/mol. The lowest BCUT2D eigenvalue weighted by molar-refractivity contribution is -0.0669. The third kappa shape index (κ3) is 3.50. The fourth-order valence-corrected chi connectivity index (χ4v) is 9.54. The molecule has 3 fully saturated rings. The van der Waals surface area contributed by atoms with Crippen molar-refractivity contribution in [2.24, 2.45) is 34.5 Å². The summed E-state index contributed by atoms with van der Waals surface area (Å²) in [6.07, 6.45) is 13.2. The van der Waals surface area contributed by atoms with Gasteiger partial charge in [0.1, 0.15) is 0 Å². The number of fused-ring (bicyclic) bond motifs is 5. The molecule has 0 aromatic rings. The molecule has 0 aliphatic heterocycles. The first-order valence-electron chi connectivity index (χ1n) is 12.8. The van der Waals surface area contributed by atoms with Crippen molar-refractivity contribution in [3.63, 3.8) is 0 Å². The number of hydrogen-bond acceptors (Lipinski definition) is 2. The van der Waals surface area contributed by atoms with Crippen LogP contribution < -0.4 is 0 Å². The summed E-state index contributed by atoms with van der Waals surface area (Å²) >= 11 is 0. The average Bonchev–Trinajstić information content (AvgIpc) is 2.98. The van der Waals surface area contributed by atoms with Crippen LogP contribution in [0.4, 0.5) is 0 Å². The van der Waals surface area contributed by atoms with Crippen LogP contribution in [-0.2, 0) is 4.43 Å². The lowest BCUT2D eigenvalue weighted by Crippen LogP contribution is -2.52. The molecule has 0 heterocycles. The van der Waals surface area contributed by atoms with Crippen molar-refractivity contribution in [1.29, 1.82) is 0 Å². The van der Waals surface area contributed by atoms with Gasteiger partial charge in [0.05, 0.1) is 6.10 Å². The fourth-order valence-electron chi connectivity index (χ4n) is 8.15. The predicted octanol–water partition coefficient (Wildman–Crippen LogP) is 7.34. The Morgan fingerprint density at radius 2 is 1.77 bits per heavy atom. The minimum Gasteiger partial charge on any atom is -0.414 e. The van der Waals surface area contributed by atoms with Crippen molar-refractivity contribution < 1.29 is 9.53 Å². The summed E-state index contributed by atoms with van der Waals surface area (Å²) < 4.78 is 6.87. The topological polar surface area (TPSA) is 29.5 Å². The molecule has 8 atom stereocenters. The molecule has 4 rings (SSSR count). The summed E-state index contributed by atoms with van der Waals surface area (Å²) in [4.78, 5) is 0. The Bertz CT molecular complexity index is 689. The van der Waals surface area contributed by atoms with Gasteiger partial charge in [0.15, 0.2) is 8.32 Å². The number of aliphatic hydroxyl groups excluding tert-OH is 1. The van der Waals surface area contributed by atoms with Gasteiger partial charge in [-0.15, -0.1) is 0 Å². The second kappa shape index (κ2) is 7.45. The van der Waals surface area contributed by atoms with Crippen LogP contribution in [0.25, 0.3) is 0 Å². The SMILES string of the molecule is C[C@@H](O)[C@@H]1CC[C@@H]2[C@H]3CC=C4C[C@H](O[Si](C)(C)C(C)(C)C)CC[C@@]4(C)[C@@H]3CC[C@]21C. The number of rotatable bonds is 3. The molecule has 4 aliphatic carbocycles. The second-order valence-electron chi connectivity index (χ2n) is 13.5. The second-order valence-corrected chi connectivity index (χ2v) is 18.2. The van der Waals surface area contributed by atoms with Gasteiger partial charge in [-0.3, -0.25) is 0 Å². The van der Waals surface area contributed by atoms with E-state index in [9.17, 15) is 5.11 Å². The van der Waals surface area contributed by atoms with Gasteiger partial charge in [0, 0.05) is 6.10 Å². The summed E-state index contributed by atoms with van der Waals surface area (Å²) in [5.74, 6) is 3.00. The molecule has 1 N–H and O–H groups in total. The molecule has 0 saturated heterocycles. The highest BCUT2D eigenvalue weighted by atomic mass is 28.4. The van der Waals surface area contributed by atoms with E-state index in [-0.39, 0.29) is 11.1 Å². The molecular weight excluding hydrogens is 384 g/mol. The summed E-state index contributed by atoms with van der Waals surface area (Å²) in [7, 11) is -1.70. The normalized spacial score (nSPS) is 45.2. The van der Waals surface area contributed by atoms with E-state index < -0.39 is 8.32 Å². The van der Waals surface area contributed by atoms with E-state index in [1.54, 1.807) is 5.57 Å². The van der Waals surface area contributed by atoms with Crippen molar-refractivity contribution in [1.82, 2.24) is 0 Å². The maximum absolute atomic E-state index is 10.4. The monoisotopic (exact) mass is 432 g/mol. The molecule has 0 radical (unpaired) electrons. The van der Waals surface area contributed by atoms with Crippen molar-refractivity contribution in [2.75, 3.05) is 0 Å². The van der Waals surface area contributed by atoms with Crippen molar-refractivity contribution in [3.8, 4) is 0 Å². The zero-order valence-corrected chi connectivity index (χ0v) is 22.1. The molecule has 0 spiro atoms. The maximum Gasteiger partial charge on any atom is 0.192 e. The van der Waals surface area contributed by atoms with Crippen LogP contribution in [0, 0.1) is 34.5 Å². The van der Waals surface area contributed by atoms with E-state index in [0.717, 1.165) is 17.8 Å². The van der Waals surface area contributed by atoms with Gasteiger partial charge in [-0.25, -0.2) is 0 Å². The number of aliphatic hydroxyl groups is 1. The molecule has 0 amide bonds. The minimum absolute atomic E-state index is 0.148. The molecule has 0 unspecified atom stereocenters. The Morgan fingerprint density at radius 1 is 1.07 bits per heavy atom. The summed E-state index contributed by atoms with van der Waals surface area (Å²) in [6, 6.07) is 0. The van der Waals surface area contributed by atoms with Crippen LogP contribution in [0.15, 0.2) is 11.6 Å². The van der Waals surface area contributed by atoms with Crippen molar-refractivity contribution >= 4 is 8.32 Å². The Balaban J connectivity index is 1.53. The van der Waals surface area contributed by atoms with Gasteiger partial charge in [-0.05, 0) is 111 Å². The zero-order chi connectivity index (χ0) is 22.1. The van der Waals surface area contributed by atoms with Gasteiger partial charge in [0.25, 0.3) is 0 Å². The van der Waals surface area contributed by atoms with Crippen molar-refractivity contribution in [2.45, 2.75) is 123 Å². The van der Waals surface area contributed by atoms with E-state index in [4.69, 9.17) is 4.43 Å². The first kappa shape index (κ1) is 23.0. The summed E-state index contributed by atoms with van der Waals surface area (Å²) in [5.41, 5.74) is 2.48. The van der Waals surface area contributed by atoms with Gasteiger partial charge in [-0.2, -0.15) is 0 Å². The Hall–Kier alpha value is -0.123. The highest BCUT2D eigenvalue weighted by molar-refractivity contribution is 6.74. The van der Waals surface area contributed by atoms with E-state index in [0.29, 0.717) is 22.9 Å². The van der Waals surface area contributed by atoms with Gasteiger partial charge in [-0.1, -0.05) is 46.3 Å². The first-order valence-corrected chi connectivity index (χ1v) is 15.8. The van der Waals surface area contributed by atoms with E-state index in [1.165, 1.54) is 51.4 Å². The zero-order valence-electron chi connectivity index (χ0n) is 21.1. The Labute approximate surface area is 187 Å². The molecule has 3 saturated carbocycles. The molecule has 172 valence electrons. The maximum atomic E-state index is 10.4. The Morgan fingerprint density at radius 3 is 2.40 bits per heavy atom. The summed E-state index contributed by atoms with van der Waals surface area (Å²) in [6.45, 7) is 19.0. The van der Waals surface area contributed by atoms with Crippen LogP contribution in [0.2, 0.25) is 18.1 Å². The molecule has 3 heteroatoms. The van der Waals surface area contributed by atoms with Crippen LogP contribution in [-0.4, -0.2) is 25.6 Å². The molecular formula is C27H48O2Si. The summed E-state index contributed by atoms with van der Waals surface area (Å²) in [5, 5.41) is 10.7. The highest BCUT2D eigenvalue weighted by Gasteiger charge is 2.59. The van der Waals surface area contributed by atoms with E-state index in [1.807, 2.05) is 6.92 Å². The molecule has 0 bridgehead atoms. The lowest BCUT2D eigenvalue weighted by atomic mass is 9.47. The molecule has 0 aromatic heterocycles. The van der Waals surface area contributed by atoms with Crippen LogP contribution in [0.5, 0.6) is 0 Å². The number of hydrogen-bond donors (Lipinski definition) is 1. The Kier molecular flexibility index (Phi) is 5.73. The van der Waals surface area contributed by atoms with Gasteiger partial charge >= 0.3 is 0 Å². The van der Waals surface area contributed by atoms with Gasteiger partial charge in [0.2, 0.25) is 0 Å². The molecule has 30 heavy (non-hydrogen) atoms. The van der Waals surface area contributed by atoms with Gasteiger partial charge < -0.3 is 9.53 Å². The highest BCUT2D eigenvalue weighted by Crippen LogP contribution is 2.66. The van der Waals surface area contributed by atoms with Crippen LogP contribution >= 0.6 is 0 Å². The van der Waals surface area contributed by atoms with Crippen LogP contribution in [0.1, 0.15) is 92.9 Å². The van der Waals surface area contributed by atoms with E-state index in [2.05, 4.69) is 53.8 Å². The number of allylic oxidation sites excluding steroid dienone is 1. The molecule has 4 aliphatic rings. The third-order valence-corrected chi connectivity index (χ3v) is 15.5. The largest absolute Gasteiger partial charge is 0.414 e. The third-order valence-electron chi connectivity index (χ3n) is 11.0. The van der Waals surface area contributed by atoms with Crippen molar-refractivity contribution in [3.05, 3.63) is 11.6 Å². The quantitative estimate of drug-likeness (QED) is 0.373. The standard InChI is InChI=1S/C27H48O2Si/c1-18(28)22-11-12-23-21-10-9-19-17-20(29-30(7,8)25(2,3)4)13-15-26(19,5)24(21)14-16-27(22,23)6/h9,18,20-24,28H,10-17H2,1-8H3/t18-,20-,21-,22+,23-,24-,26-,27+/m1/s1. The van der Waals surface area contributed by atoms with E-state index >= 15 is 0 Å². The predicted molar refractivity (Wildman–Crippen MR) is 129 cm³/mol. The minimum atomic E-state index is -1.70. The molecule has 2 nitrogen and oxygen atoms in total. The van der Waals surface area contributed by atoms with Crippen LogP contribution in [0.3, 0.4) is 0 Å². The smallest absolute Gasteiger partial charge is 0.192 e. The first-order chi connectivity index (χ1) is 13.8. The molecule has 0 aromatic carbocycles. The lowest BCUT2D eigenvalue weighted by Gasteiger charge is -2.58. The fraction of sp³-hybridized carbons (Fsp3) is 0.926.